The fraction of sp³-hybridized carbons (Fsp3) is 0.667. The molecule has 2 aliphatic heterocycles. The molecule has 31 heavy (non-hydrogen) atoms. The van der Waals surface area contributed by atoms with Gasteiger partial charge in [0.15, 0.2) is 0 Å². The molecule has 3 rings (SSSR count). The first kappa shape index (κ1) is 23.5. The zero-order valence-electron chi connectivity index (χ0n) is 19.3. The van der Waals surface area contributed by atoms with Crippen molar-refractivity contribution in [2.24, 2.45) is 10.8 Å². The first-order chi connectivity index (χ1) is 14.6. The van der Waals surface area contributed by atoms with Gasteiger partial charge in [-0.3, -0.25) is 9.59 Å². The molecule has 172 valence electrons. The number of likely N-dealkylation sites (N-methyl/N-ethyl adjacent to an activating group) is 1. The molecule has 1 atom stereocenters. The second-order valence-electron chi connectivity index (χ2n) is 10.2. The molecule has 0 saturated carbocycles. The van der Waals surface area contributed by atoms with Crippen LogP contribution in [0, 0.1) is 16.6 Å². The van der Waals surface area contributed by atoms with Gasteiger partial charge in [-0.15, -0.1) is 0 Å². The van der Waals surface area contributed by atoms with E-state index in [-0.39, 0.29) is 17.6 Å². The van der Waals surface area contributed by atoms with Crippen LogP contribution in [0.3, 0.4) is 0 Å². The Hall–Kier alpha value is -2.15. The normalized spacial score (nSPS) is 23.0. The summed E-state index contributed by atoms with van der Waals surface area (Å²) in [5.74, 6) is 0.491. The molecule has 0 radical (unpaired) electrons. The smallest absolute Gasteiger partial charge is 0.227 e. The van der Waals surface area contributed by atoms with Crippen LogP contribution in [0.4, 0.5) is 4.39 Å². The highest BCUT2D eigenvalue weighted by Gasteiger charge is 2.42. The van der Waals surface area contributed by atoms with Gasteiger partial charge in [-0.2, -0.15) is 0 Å². The number of likely N-dealkylation sites (tertiary alicyclic amines) is 1. The lowest BCUT2D eigenvalue weighted by molar-refractivity contribution is -0.147. The number of piperidine rings is 1. The molecule has 0 N–H and O–H groups in total. The number of piperazine rings is 1. The summed E-state index contributed by atoms with van der Waals surface area (Å²) in [6.07, 6.45) is 2.01. The molecule has 7 heteroatoms. The SMILES string of the molecule is CN1CCN(C(=O)CC2(COc3ccc(F)cc3)CCCN(C(=O)C(C)(C)C)C2)CC1. The molecule has 0 aromatic heterocycles. The lowest BCUT2D eigenvalue weighted by Crippen LogP contribution is -2.54. The Kier molecular flexibility index (Phi) is 7.24. The fourth-order valence-electron chi connectivity index (χ4n) is 4.42. The molecule has 0 spiro atoms. The summed E-state index contributed by atoms with van der Waals surface area (Å²) in [7, 11) is 2.07. The van der Waals surface area contributed by atoms with Crippen molar-refractivity contribution in [1.82, 2.24) is 14.7 Å². The van der Waals surface area contributed by atoms with Gasteiger partial charge in [0.2, 0.25) is 11.8 Å². The number of amides is 2. The minimum atomic E-state index is -0.470. The molecular weight excluding hydrogens is 397 g/mol. The van der Waals surface area contributed by atoms with Gasteiger partial charge < -0.3 is 19.4 Å². The van der Waals surface area contributed by atoms with E-state index in [2.05, 4.69) is 11.9 Å². The number of halogens is 1. The summed E-state index contributed by atoms with van der Waals surface area (Å²) in [4.78, 5) is 32.2. The standard InChI is InChI=1S/C24H36FN3O3/c1-23(2,3)22(30)28-11-5-10-24(17-28,18-31-20-8-6-19(25)7-9-20)16-21(29)27-14-12-26(4)13-15-27/h6-9H,5,10-18H2,1-4H3. The van der Waals surface area contributed by atoms with Crippen LogP contribution in [0.1, 0.15) is 40.0 Å². The summed E-state index contributed by atoms with van der Waals surface area (Å²) in [6.45, 7) is 10.5. The van der Waals surface area contributed by atoms with Crippen LogP contribution in [-0.4, -0.2) is 79.4 Å². The van der Waals surface area contributed by atoms with Crippen molar-refractivity contribution in [1.29, 1.82) is 0 Å². The average Bonchev–Trinajstić information content (AvgIpc) is 2.73. The van der Waals surface area contributed by atoms with Crippen molar-refractivity contribution >= 4 is 11.8 Å². The quantitative estimate of drug-likeness (QED) is 0.716. The van der Waals surface area contributed by atoms with Gasteiger partial charge in [-0.05, 0) is 44.2 Å². The highest BCUT2D eigenvalue weighted by molar-refractivity contribution is 5.82. The van der Waals surface area contributed by atoms with Crippen molar-refractivity contribution < 1.29 is 18.7 Å². The van der Waals surface area contributed by atoms with Crippen molar-refractivity contribution in [2.45, 2.75) is 40.0 Å². The third-order valence-electron chi connectivity index (χ3n) is 6.33. The van der Waals surface area contributed by atoms with Crippen LogP contribution in [-0.2, 0) is 9.59 Å². The van der Waals surface area contributed by atoms with Crippen LogP contribution in [0.15, 0.2) is 24.3 Å². The number of carbonyl (C=O) groups is 2. The number of nitrogens with zero attached hydrogens (tertiary/aromatic N) is 3. The molecule has 2 aliphatic rings. The first-order valence-electron chi connectivity index (χ1n) is 11.2. The van der Waals surface area contributed by atoms with Gasteiger partial charge >= 0.3 is 0 Å². The van der Waals surface area contributed by atoms with E-state index in [1.54, 1.807) is 12.1 Å². The van der Waals surface area contributed by atoms with Gasteiger partial charge in [0.25, 0.3) is 0 Å². The Bertz CT molecular complexity index is 769. The summed E-state index contributed by atoms with van der Waals surface area (Å²) in [5.41, 5.74) is -0.920. The monoisotopic (exact) mass is 433 g/mol. The molecule has 2 heterocycles. The van der Waals surface area contributed by atoms with Crippen molar-refractivity contribution in [3.63, 3.8) is 0 Å². The highest BCUT2D eigenvalue weighted by Crippen LogP contribution is 2.37. The zero-order chi connectivity index (χ0) is 22.6. The Morgan fingerprint density at radius 1 is 1.03 bits per heavy atom. The Morgan fingerprint density at radius 2 is 1.68 bits per heavy atom. The molecular formula is C24H36FN3O3. The maximum atomic E-state index is 13.3. The van der Waals surface area contributed by atoms with Crippen LogP contribution < -0.4 is 4.74 Å². The van der Waals surface area contributed by atoms with Crippen molar-refractivity contribution in [2.75, 3.05) is 52.9 Å². The van der Waals surface area contributed by atoms with Gasteiger partial charge in [0.05, 0.1) is 6.61 Å². The number of ether oxygens (including phenoxy) is 1. The Labute approximate surface area is 185 Å². The topological polar surface area (TPSA) is 53.1 Å². The van der Waals surface area contributed by atoms with E-state index >= 15 is 0 Å². The lowest BCUT2D eigenvalue weighted by Gasteiger charge is -2.45. The minimum Gasteiger partial charge on any atom is -0.493 e. The van der Waals surface area contributed by atoms with E-state index in [0.29, 0.717) is 31.9 Å². The summed E-state index contributed by atoms with van der Waals surface area (Å²) >= 11 is 0. The summed E-state index contributed by atoms with van der Waals surface area (Å²) < 4.78 is 19.3. The van der Waals surface area contributed by atoms with E-state index in [1.165, 1.54) is 12.1 Å². The molecule has 0 aliphatic carbocycles. The fourth-order valence-corrected chi connectivity index (χ4v) is 4.42. The van der Waals surface area contributed by atoms with Crippen molar-refractivity contribution in [3.8, 4) is 5.75 Å². The largest absolute Gasteiger partial charge is 0.493 e. The van der Waals surface area contributed by atoms with Gasteiger partial charge in [0, 0.05) is 56.5 Å². The number of hydrogen-bond donors (Lipinski definition) is 0. The first-order valence-corrected chi connectivity index (χ1v) is 11.2. The van der Waals surface area contributed by atoms with Crippen LogP contribution in [0.5, 0.6) is 5.75 Å². The predicted molar refractivity (Wildman–Crippen MR) is 118 cm³/mol. The predicted octanol–water partition coefficient (Wildman–Crippen LogP) is 3.02. The van der Waals surface area contributed by atoms with E-state index < -0.39 is 10.8 Å². The second kappa shape index (κ2) is 9.55. The van der Waals surface area contributed by atoms with Crippen LogP contribution in [0.2, 0.25) is 0 Å². The zero-order valence-corrected chi connectivity index (χ0v) is 19.3. The van der Waals surface area contributed by atoms with Gasteiger partial charge in [-0.25, -0.2) is 4.39 Å². The van der Waals surface area contributed by atoms with E-state index in [9.17, 15) is 14.0 Å². The Balaban J connectivity index is 1.76. The average molecular weight is 434 g/mol. The molecule has 2 fully saturated rings. The Morgan fingerprint density at radius 3 is 2.29 bits per heavy atom. The third-order valence-corrected chi connectivity index (χ3v) is 6.33. The van der Waals surface area contributed by atoms with E-state index in [0.717, 1.165) is 39.0 Å². The summed E-state index contributed by atoms with van der Waals surface area (Å²) in [6, 6.07) is 5.94. The molecule has 2 saturated heterocycles. The van der Waals surface area contributed by atoms with Crippen LogP contribution in [0.25, 0.3) is 0 Å². The van der Waals surface area contributed by atoms with Crippen LogP contribution >= 0.6 is 0 Å². The minimum absolute atomic E-state index is 0.102. The lowest BCUT2D eigenvalue weighted by atomic mass is 9.76. The van der Waals surface area contributed by atoms with E-state index in [4.69, 9.17) is 4.74 Å². The molecule has 1 aromatic rings. The molecule has 6 nitrogen and oxygen atoms in total. The maximum absolute atomic E-state index is 13.3. The second-order valence-corrected chi connectivity index (χ2v) is 10.2. The number of hydrogen-bond acceptors (Lipinski definition) is 4. The maximum Gasteiger partial charge on any atom is 0.227 e. The molecule has 2 amide bonds. The number of carbonyl (C=O) groups excluding carboxylic acids is 2. The van der Waals surface area contributed by atoms with Gasteiger partial charge in [-0.1, -0.05) is 20.8 Å². The summed E-state index contributed by atoms with van der Waals surface area (Å²) in [5, 5.41) is 0. The van der Waals surface area contributed by atoms with E-state index in [1.807, 2.05) is 30.6 Å². The number of rotatable bonds is 5. The molecule has 0 bridgehead atoms. The third kappa shape index (κ3) is 6.19. The molecule has 1 aromatic carbocycles. The van der Waals surface area contributed by atoms with Gasteiger partial charge in [0.1, 0.15) is 11.6 Å². The highest BCUT2D eigenvalue weighted by atomic mass is 19.1. The molecule has 1 unspecified atom stereocenters. The number of benzene rings is 1. The van der Waals surface area contributed by atoms with Crippen molar-refractivity contribution in [3.05, 3.63) is 30.1 Å².